The van der Waals surface area contributed by atoms with Gasteiger partial charge < -0.3 is 18.9 Å². The molecule has 0 radical (unpaired) electrons. The van der Waals surface area contributed by atoms with Gasteiger partial charge in [-0.1, -0.05) is 42.5 Å². The first kappa shape index (κ1) is 22.2. The minimum Gasteiger partial charge on any atom is -0.497 e. The molecule has 1 atom stereocenters. The normalized spacial score (nSPS) is 12.5. The van der Waals surface area contributed by atoms with Crippen molar-refractivity contribution in [1.82, 2.24) is 0 Å². The van der Waals surface area contributed by atoms with Gasteiger partial charge >= 0.3 is 5.97 Å². The SMILES string of the molecule is CCOC(=O)C(C)(Cc1ccc(OCc2ccccc2)cc1)Oc1ccc(OC)cc1. The van der Waals surface area contributed by atoms with Crippen molar-refractivity contribution >= 4 is 5.97 Å². The van der Waals surface area contributed by atoms with Crippen LogP contribution in [0.2, 0.25) is 0 Å². The van der Waals surface area contributed by atoms with E-state index in [1.807, 2.05) is 54.6 Å². The lowest BCUT2D eigenvalue weighted by atomic mass is 9.96. The van der Waals surface area contributed by atoms with Crippen molar-refractivity contribution in [3.8, 4) is 17.2 Å². The molecule has 5 nitrogen and oxygen atoms in total. The molecule has 0 aliphatic heterocycles. The zero-order chi connectivity index (χ0) is 22.1. The highest BCUT2D eigenvalue weighted by atomic mass is 16.6. The molecule has 0 saturated heterocycles. The van der Waals surface area contributed by atoms with Crippen LogP contribution >= 0.6 is 0 Å². The molecule has 0 heterocycles. The predicted octanol–water partition coefficient (Wildman–Crippen LogP) is 5.22. The molecule has 31 heavy (non-hydrogen) atoms. The van der Waals surface area contributed by atoms with Crippen molar-refractivity contribution in [2.75, 3.05) is 13.7 Å². The van der Waals surface area contributed by atoms with Crippen LogP contribution in [-0.2, 0) is 22.6 Å². The van der Waals surface area contributed by atoms with Gasteiger partial charge in [0.1, 0.15) is 23.9 Å². The van der Waals surface area contributed by atoms with Crippen molar-refractivity contribution in [3.05, 3.63) is 90.0 Å². The topological polar surface area (TPSA) is 54.0 Å². The van der Waals surface area contributed by atoms with Crippen molar-refractivity contribution in [2.45, 2.75) is 32.5 Å². The van der Waals surface area contributed by atoms with E-state index in [4.69, 9.17) is 18.9 Å². The number of benzene rings is 3. The molecule has 0 bridgehead atoms. The Morgan fingerprint density at radius 2 is 1.42 bits per heavy atom. The van der Waals surface area contributed by atoms with Crippen LogP contribution < -0.4 is 14.2 Å². The van der Waals surface area contributed by atoms with Gasteiger partial charge in [-0.3, -0.25) is 0 Å². The van der Waals surface area contributed by atoms with E-state index >= 15 is 0 Å². The summed E-state index contributed by atoms with van der Waals surface area (Å²) in [5.74, 6) is 1.65. The smallest absolute Gasteiger partial charge is 0.350 e. The standard InChI is InChI=1S/C26H28O5/c1-4-29-25(27)26(2,31-24-16-14-22(28-3)15-17-24)18-20-10-12-23(13-11-20)30-19-21-8-6-5-7-9-21/h5-17H,4,18-19H2,1-3H3. The Labute approximate surface area is 183 Å². The maximum Gasteiger partial charge on any atom is 0.350 e. The molecule has 0 spiro atoms. The third-order valence-electron chi connectivity index (χ3n) is 4.82. The number of hydrogen-bond donors (Lipinski definition) is 0. The molecule has 5 heteroatoms. The molecule has 162 valence electrons. The Bertz CT molecular complexity index is 951. The quantitative estimate of drug-likeness (QED) is 0.421. The Balaban J connectivity index is 1.70. The summed E-state index contributed by atoms with van der Waals surface area (Å²) < 4.78 is 22.4. The van der Waals surface area contributed by atoms with Crippen molar-refractivity contribution in [1.29, 1.82) is 0 Å². The lowest BCUT2D eigenvalue weighted by molar-refractivity contribution is -0.160. The number of ether oxygens (including phenoxy) is 4. The fourth-order valence-electron chi connectivity index (χ4n) is 3.17. The second-order valence-electron chi connectivity index (χ2n) is 7.32. The largest absolute Gasteiger partial charge is 0.497 e. The molecule has 3 aromatic rings. The first-order valence-electron chi connectivity index (χ1n) is 10.3. The monoisotopic (exact) mass is 420 g/mol. The second kappa shape index (κ2) is 10.5. The van der Waals surface area contributed by atoms with Gasteiger partial charge in [0.15, 0.2) is 0 Å². The molecular weight excluding hydrogens is 392 g/mol. The Morgan fingerprint density at radius 1 is 0.806 bits per heavy atom. The summed E-state index contributed by atoms with van der Waals surface area (Å²) in [6.45, 7) is 4.31. The Morgan fingerprint density at radius 3 is 2.03 bits per heavy atom. The summed E-state index contributed by atoms with van der Waals surface area (Å²) >= 11 is 0. The zero-order valence-corrected chi connectivity index (χ0v) is 18.2. The summed E-state index contributed by atoms with van der Waals surface area (Å²) in [6.07, 6.45) is 0.358. The van der Waals surface area contributed by atoms with Gasteiger partial charge in [0, 0.05) is 6.42 Å². The molecule has 0 N–H and O–H groups in total. The molecule has 3 rings (SSSR count). The van der Waals surface area contributed by atoms with E-state index in [1.165, 1.54) is 0 Å². The summed E-state index contributed by atoms with van der Waals surface area (Å²) in [4.78, 5) is 12.7. The summed E-state index contributed by atoms with van der Waals surface area (Å²) in [7, 11) is 1.60. The van der Waals surface area contributed by atoms with Crippen LogP contribution in [-0.4, -0.2) is 25.3 Å². The van der Waals surface area contributed by atoms with Crippen molar-refractivity contribution < 1.29 is 23.7 Å². The van der Waals surface area contributed by atoms with E-state index in [2.05, 4.69) is 0 Å². The summed E-state index contributed by atoms with van der Waals surface area (Å²) in [5, 5.41) is 0. The second-order valence-corrected chi connectivity index (χ2v) is 7.32. The average Bonchev–Trinajstić information content (AvgIpc) is 2.80. The number of carbonyl (C=O) groups is 1. The molecular formula is C26H28O5. The van der Waals surface area contributed by atoms with Gasteiger partial charge in [0.2, 0.25) is 5.60 Å². The van der Waals surface area contributed by atoms with E-state index in [0.29, 0.717) is 18.8 Å². The number of methoxy groups -OCH3 is 1. The molecule has 1 unspecified atom stereocenters. The first-order chi connectivity index (χ1) is 15.0. The van der Waals surface area contributed by atoms with Gasteiger partial charge in [-0.25, -0.2) is 4.79 Å². The molecule has 3 aromatic carbocycles. The van der Waals surface area contributed by atoms with Gasteiger partial charge in [-0.15, -0.1) is 0 Å². The van der Waals surface area contributed by atoms with Gasteiger partial charge in [-0.2, -0.15) is 0 Å². The number of esters is 1. The Hall–Kier alpha value is -3.47. The number of carbonyl (C=O) groups excluding carboxylic acids is 1. The van der Waals surface area contributed by atoms with Crippen LogP contribution in [0, 0.1) is 0 Å². The van der Waals surface area contributed by atoms with Gasteiger partial charge in [0.05, 0.1) is 13.7 Å². The molecule has 0 saturated carbocycles. The zero-order valence-electron chi connectivity index (χ0n) is 18.2. The minimum absolute atomic E-state index is 0.284. The highest BCUT2D eigenvalue weighted by Gasteiger charge is 2.37. The third-order valence-corrected chi connectivity index (χ3v) is 4.82. The number of rotatable bonds is 10. The third kappa shape index (κ3) is 6.25. The van der Waals surface area contributed by atoms with E-state index in [1.54, 1.807) is 45.2 Å². The average molecular weight is 421 g/mol. The number of hydrogen-bond acceptors (Lipinski definition) is 5. The maximum atomic E-state index is 12.7. The summed E-state index contributed by atoms with van der Waals surface area (Å²) in [5.41, 5.74) is 0.877. The lowest BCUT2D eigenvalue weighted by Crippen LogP contribution is -2.45. The van der Waals surface area contributed by atoms with Crippen molar-refractivity contribution in [2.24, 2.45) is 0 Å². The minimum atomic E-state index is -1.17. The highest BCUT2D eigenvalue weighted by molar-refractivity contribution is 5.80. The molecule has 0 amide bonds. The fourth-order valence-corrected chi connectivity index (χ4v) is 3.17. The van der Waals surface area contributed by atoms with Crippen LogP contribution in [0.25, 0.3) is 0 Å². The van der Waals surface area contributed by atoms with Crippen LogP contribution in [0.1, 0.15) is 25.0 Å². The molecule has 0 aliphatic rings. The van der Waals surface area contributed by atoms with Gasteiger partial charge in [0.25, 0.3) is 0 Å². The van der Waals surface area contributed by atoms with E-state index < -0.39 is 11.6 Å². The van der Waals surface area contributed by atoms with Crippen LogP contribution in [0.5, 0.6) is 17.2 Å². The van der Waals surface area contributed by atoms with E-state index in [-0.39, 0.29) is 6.61 Å². The maximum absolute atomic E-state index is 12.7. The van der Waals surface area contributed by atoms with E-state index in [0.717, 1.165) is 22.6 Å². The molecule has 0 fully saturated rings. The van der Waals surface area contributed by atoms with Crippen molar-refractivity contribution in [3.63, 3.8) is 0 Å². The van der Waals surface area contributed by atoms with Crippen LogP contribution in [0.4, 0.5) is 0 Å². The van der Waals surface area contributed by atoms with Gasteiger partial charge in [-0.05, 0) is 61.4 Å². The van der Waals surface area contributed by atoms with Crippen LogP contribution in [0.3, 0.4) is 0 Å². The molecule has 0 aliphatic carbocycles. The predicted molar refractivity (Wildman–Crippen MR) is 120 cm³/mol. The summed E-state index contributed by atoms with van der Waals surface area (Å²) in [6, 6.07) is 24.8. The van der Waals surface area contributed by atoms with E-state index in [9.17, 15) is 4.79 Å². The van der Waals surface area contributed by atoms with Crippen LogP contribution in [0.15, 0.2) is 78.9 Å². The Kier molecular flexibility index (Phi) is 7.55. The first-order valence-corrected chi connectivity index (χ1v) is 10.3. The molecule has 0 aromatic heterocycles. The lowest BCUT2D eigenvalue weighted by Gasteiger charge is -2.28. The highest BCUT2D eigenvalue weighted by Crippen LogP contribution is 2.27. The fraction of sp³-hybridized carbons (Fsp3) is 0.269.